The number of hydrogen-bond acceptors (Lipinski definition) is 1. The fraction of sp³-hybridized carbons (Fsp3) is 0.417. The summed E-state index contributed by atoms with van der Waals surface area (Å²) in [5.74, 6) is 0.515. The zero-order valence-corrected chi connectivity index (χ0v) is 8.79. The quantitative estimate of drug-likeness (QED) is 0.722. The van der Waals surface area contributed by atoms with Crippen LogP contribution in [0.15, 0.2) is 18.2 Å². The van der Waals surface area contributed by atoms with Gasteiger partial charge in [-0.05, 0) is 24.5 Å². The van der Waals surface area contributed by atoms with Crippen LogP contribution in [0.5, 0.6) is 0 Å². The molecule has 1 N–H and O–H groups in total. The van der Waals surface area contributed by atoms with Crippen molar-refractivity contribution < 1.29 is 4.79 Å². The van der Waals surface area contributed by atoms with Gasteiger partial charge in [-0.15, -0.1) is 0 Å². The smallest absolute Gasteiger partial charge is 0.252 e. The van der Waals surface area contributed by atoms with Gasteiger partial charge in [0.25, 0.3) is 5.91 Å². The van der Waals surface area contributed by atoms with Crippen LogP contribution in [0.2, 0.25) is 0 Å². The number of benzene rings is 1. The monoisotopic (exact) mass is 189 g/mol. The second kappa shape index (κ2) is 3.12. The van der Waals surface area contributed by atoms with E-state index in [1.165, 1.54) is 5.56 Å². The summed E-state index contributed by atoms with van der Waals surface area (Å²) in [5.41, 5.74) is 3.21. The molecule has 0 fully saturated rings. The fourth-order valence-electron chi connectivity index (χ4n) is 1.97. The second-order valence-corrected chi connectivity index (χ2v) is 4.29. The van der Waals surface area contributed by atoms with Gasteiger partial charge in [0.15, 0.2) is 0 Å². The summed E-state index contributed by atoms with van der Waals surface area (Å²) in [6.07, 6.45) is 0. The molecule has 2 heteroatoms. The summed E-state index contributed by atoms with van der Waals surface area (Å²) >= 11 is 0. The van der Waals surface area contributed by atoms with E-state index in [0.29, 0.717) is 5.92 Å². The molecule has 0 bridgehead atoms. The molecule has 1 unspecified atom stereocenters. The maximum absolute atomic E-state index is 11.6. The first-order valence-corrected chi connectivity index (χ1v) is 5.01. The molecule has 0 saturated carbocycles. The molecule has 0 aliphatic carbocycles. The molecule has 1 amide bonds. The fourth-order valence-corrected chi connectivity index (χ4v) is 1.97. The number of nitrogens with one attached hydrogen (secondary N) is 1. The van der Waals surface area contributed by atoms with Crippen molar-refractivity contribution in [2.24, 2.45) is 5.92 Å². The van der Waals surface area contributed by atoms with E-state index in [4.69, 9.17) is 0 Å². The van der Waals surface area contributed by atoms with Crippen molar-refractivity contribution in [3.8, 4) is 0 Å². The van der Waals surface area contributed by atoms with E-state index in [0.717, 1.165) is 11.1 Å². The van der Waals surface area contributed by atoms with Crippen LogP contribution < -0.4 is 5.32 Å². The van der Waals surface area contributed by atoms with Crippen molar-refractivity contribution in [2.75, 3.05) is 0 Å². The lowest BCUT2D eigenvalue weighted by Gasteiger charge is -2.15. The summed E-state index contributed by atoms with van der Waals surface area (Å²) < 4.78 is 0. The first kappa shape index (κ1) is 9.25. The molecule has 1 heterocycles. The molecular formula is C12H15NO. The summed E-state index contributed by atoms with van der Waals surface area (Å²) in [5, 5.41) is 3.01. The minimum Gasteiger partial charge on any atom is -0.345 e. The topological polar surface area (TPSA) is 29.1 Å². The lowest BCUT2D eigenvalue weighted by Crippen LogP contribution is -2.22. The van der Waals surface area contributed by atoms with Crippen LogP contribution in [0.4, 0.5) is 0 Å². The average molecular weight is 189 g/mol. The highest BCUT2D eigenvalue weighted by Gasteiger charge is 2.29. The molecule has 1 aromatic carbocycles. The Hall–Kier alpha value is -1.31. The average Bonchev–Trinajstić information content (AvgIpc) is 2.43. The SMILES string of the molecule is Cc1ccc2c(c1)C(C(C)C)NC2=O. The lowest BCUT2D eigenvalue weighted by atomic mass is 9.95. The Labute approximate surface area is 84.3 Å². The van der Waals surface area contributed by atoms with Gasteiger partial charge >= 0.3 is 0 Å². The maximum atomic E-state index is 11.6. The van der Waals surface area contributed by atoms with Gasteiger partial charge in [0, 0.05) is 5.56 Å². The Morgan fingerprint density at radius 2 is 2.07 bits per heavy atom. The molecule has 1 aliphatic rings. The summed E-state index contributed by atoms with van der Waals surface area (Å²) in [6, 6.07) is 6.21. The molecular weight excluding hydrogens is 174 g/mol. The number of fused-ring (bicyclic) bond motifs is 1. The number of rotatable bonds is 1. The highest BCUT2D eigenvalue weighted by atomic mass is 16.2. The number of hydrogen-bond donors (Lipinski definition) is 1. The van der Waals surface area contributed by atoms with Gasteiger partial charge < -0.3 is 5.32 Å². The summed E-state index contributed by atoms with van der Waals surface area (Å²) in [4.78, 5) is 11.6. The normalized spacial score (nSPS) is 19.7. The first-order chi connectivity index (χ1) is 6.59. The first-order valence-electron chi connectivity index (χ1n) is 5.01. The van der Waals surface area contributed by atoms with Crippen LogP contribution in [0.1, 0.15) is 41.4 Å². The van der Waals surface area contributed by atoms with E-state index in [1.54, 1.807) is 0 Å². The van der Waals surface area contributed by atoms with Gasteiger partial charge in [0.1, 0.15) is 0 Å². The van der Waals surface area contributed by atoms with Crippen molar-refractivity contribution >= 4 is 5.91 Å². The van der Waals surface area contributed by atoms with Gasteiger partial charge in [-0.3, -0.25) is 4.79 Å². The van der Waals surface area contributed by atoms with Crippen molar-refractivity contribution in [1.29, 1.82) is 0 Å². The van der Waals surface area contributed by atoms with E-state index < -0.39 is 0 Å². The predicted molar refractivity (Wildman–Crippen MR) is 56.2 cm³/mol. The van der Waals surface area contributed by atoms with Gasteiger partial charge in [-0.25, -0.2) is 0 Å². The Balaban J connectivity index is 2.51. The second-order valence-electron chi connectivity index (χ2n) is 4.29. The Bertz CT molecular complexity index is 382. The number of carbonyl (C=O) groups is 1. The minimum absolute atomic E-state index is 0.0682. The largest absolute Gasteiger partial charge is 0.345 e. The van der Waals surface area contributed by atoms with Gasteiger partial charge in [0.05, 0.1) is 6.04 Å². The molecule has 0 spiro atoms. The van der Waals surface area contributed by atoms with Gasteiger partial charge in [-0.1, -0.05) is 31.5 Å². The Morgan fingerprint density at radius 3 is 2.71 bits per heavy atom. The highest BCUT2D eigenvalue weighted by molar-refractivity contribution is 5.99. The molecule has 14 heavy (non-hydrogen) atoms. The van der Waals surface area contributed by atoms with Crippen LogP contribution in [-0.4, -0.2) is 5.91 Å². The standard InChI is InChI=1S/C12H15NO/c1-7(2)11-10-6-8(3)4-5-9(10)12(14)13-11/h4-7,11H,1-3H3,(H,13,14). The van der Waals surface area contributed by atoms with E-state index in [-0.39, 0.29) is 11.9 Å². The van der Waals surface area contributed by atoms with Gasteiger partial charge in [0.2, 0.25) is 0 Å². The van der Waals surface area contributed by atoms with Crippen LogP contribution in [0.3, 0.4) is 0 Å². The Kier molecular flexibility index (Phi) is 2.06. The van der Waals surface area contributed by atoms with Crippen molar-refractivity contribution in [2.45, 2.75) is 26.8 Å². The lowest BCUT2D eigenvalue weighted by molar-refractivity contribution is 0.0949. The third kappa shape index (κ3) is 1.31. The van der Waals surface area contributed by atoms with E-state index in [2.05, 4.69) is 32.2 Å². The minimum atomic E-state index is 0.0682. The number of amides is 1. The van der Waals surface area contributed by atoms with Crippen LogP contribution in [0.25, 0.3) is 0 Å². The third-order valence-corrected chi connectivity index (χ3v) is 2.74. The maximum Gasteiger partial charge on any atom is 0.252 e. The molecule has 0 aromatic heterocycles. The molecule has 1 aromatic rings. The van der Waals surface area contributed by atoms with Crippen LogP contribution >= 0.6 is 0 Å². The van der Waals surface area contributed by atoms with Gasteiger partial charge in [-0.2, -0.15) is 0 Å². The molecule has 0 radical (unpaired) electrons. The van der Waals surface area contributed by atoms with E-state index in [9.17, 15) is 4.79 Å². The van der Waals surface area contributed by atoms with Crippen molar-refractivity contribution in [3.05, 3.63) is 34.9 Å². The Morgan fingerprint density at radius 1 is 1.36 bits per heavy atom. The summed E-state index contributed by atoms with van der Waals surface area (Å²) in [6.45, 7) is 6.31. The highest BCUT2D eigenvalue weighted by Crippen LogP contribution is 2.31. The van der Waals surface area contributed by atoms with E-state index in [1.807, 2.05) is 12.1 Å². The van der Waals surface area contributed by atoms with Crippen LogP contribution in [0, 0.1) is 12.8 Å². The molecule has 74 valence electrons. The number of aryl methyl sites for hydroxylation is 1. The molecule has 0 saturated heterocycles. The predicted octanol–water partition coefficient (Wildman–Crippen LogP) is 2.44. The van der Waals surface area contributed by atoms with Crippen molar-refractivity contribution in [3.63, 3.8) is 0 Å². The molecule has 2 nitrogen and oxygen atoms in total. The van der Waals surface area contributed by atoms with Crippen molar-refractivity contribution in [1.82, 2.24) is 5.32 Å². The molecule has 1 atom stereocenters. The zero-order valence-electron chi connectivity index (χ0n) is 8.79. The zero-order chi connectivity index (χ0) is 10.3. The number of carbonyl (C=O) groups excluding carboxylic acids is 1. The summed E-state index contributed by atoms with van der Waals surface area (Å²) in [7, 11) is 0. The van der Waals surface area contributed by atoms with Crippen LogP contribution in [-0.2, 0) is 0 Å². The van der Waals surface area contributed by atoms with E-state index >= 15 is 0 Å². The third-order valence-electron chi connectivity index (χ3n) is 2.74. The molecule has 1 aliphatic heterocycles. The molecule has 2 rings (SSSR count).